The van der Waals surface area contributed by atoms with Crippen LogP contribution >= 0.6 is 0 Å². The normalized spacial score (nSPS) is 10.7. The first-order chi connectivity index (χ1) is 9.40. The maximum Gasteiger partial charge on any atom is 0.229 e. The summed E-state index contributed by atoms with van der Waals surface area (Å²) in [5.41, 5.74) is 1.67. The molecule has 106 valence electrons. The summed E-state index contributed by atoms with van der Waals surface area (Å²) >= 11 is 0. The van der Waals surface area contributed by atoms with Gasteiger partial charge in [-0.2, -0.15) is 5.10 Å². The minimum Gasteiger partial charge on any atom is -0.323 e. The third-order valence-electron chi connectivity index (χ3n) is 2.93. The Hall–Kier alpha value is -2.31. The van der Waals surface area contributed by atoms with Crippen molar-refractivity contribution in [1.29, 1.82) is 0 Å². The lowest BCUT2D eigenvalue weighted by molar-refractivity contribution is -0.115. The zero-order valence-electron chi connectivity index (χ0n) is 10.9. The van der Waals surface area contributed by atoms with Crippen LogP contribution in [0.3, 0.4) is 0 Å². The smallest absolute Gasteiger partial charge is 0.229 e. The van der Waals surface area contributed by atoms with E-state index in [0.29, 0.717) is 11.3 Å². The van der Waals surface area contributed by atoms with Crippen LogP contribution in [-0.2, 0) is 11.2 Å². The zero-order chi connectivity index (χ0) is 14.9. The second kappa shape index (κ2) is 5.36. The molecule has 0 aliphatic heterocycles. The van der Waals surface area contributed by atoms with Crippen LogP contribution in [-0.4, -0.2) is 16.1 Å². The van der Waals surface area contributed by atoms with Gasteiger partial charge in [-0.25, -0.2) is 13.2 Å². The van der Waals surface area contributed by atoms with Crippen LogP contribution < -0.4 is 5.32 Å². The molecular formula is C13H12F3N3O. The lowest BCUT2D eigenvalue weighted by atomic mass is 10.1. The number of halogens is 3. The van der Waals surface area contributed by atoms with E-state index in [2.05, 4.69) is 15.5 Å². The highest BCUT2D eigenvalue weighted by molar-refractivity contribution is 5.92. The summed E-state index contributed by atoms with van der Waals surface area (Å²) in [7, 11) is 0. The van der Waals surface area contributed by atoms with E-state index in [1.807, 2.05) is 0 Å². The van der Waals surface area contributed by atoms with Crippen molar-refractivity contribution in [2.24, 2.45) is 0 Å². The van der Waals surface area contributed by atoms with E-state index in [-0.39, 0.29) is 6.42 Å². The number of carbonyl (C=O) groups is 1. The zero-order valence-corrected chi connectivity index (χ0v) is 10.9. The molecule has 0 bridgehead atoms. The molecule has 1 aromatic carbocycles. The van der Waals surface area contributed by atoms with Crippen molar-refractivity contribution in [3.05, 3.63) is 46.5 Å². The van der Waals surface area contributed by atoms with Gasteiger partial charge < -0.3 is 5.32 Å². The molecule has 0 saturated carbocycles. The summed E-state index contributed by atoms with van der Waals surface area (Å²) in [4.78, 5) is 11.8. The lowest BCUT2D eigenvalue weighted by Crippen LogP contribution is -2.16. The molecule has 2 aromatic rings. The standard InChI is InChI=1S/C13H12F3N3O/c1-6-8(7(2)19-18-6)5-11(20)17-10-4-3-9(14)12(15)13(10)16/h3-4H,5H2,1-2H3,(H,17,20)(H,18,19). The molecule has 0 unspecified atom stereocenters. The van der Waals surface area contributed by atoms with E-state index in [1.54, 1.807) is 13.8 Å². The van der Waals surface area contributed by atoms with Gasteiger partial charge in [-0.3, -0.25) is 9.89 Å². The van der Waals surface area contributed by atoms with E-state index in [9.17, 15) is 18.0 Å². The van der Waals surface area contributed by atoms with Crippen molar-refractivity contribution < 1.29 is 18.0 Å². The van der Waals surface area contributed by atoms with Crippen molar-refractivity contribution >= 4 is 11.6 Å². The molecule has 2 N–H and O–H groups in total. The van der Waals surface area contributed by atoms with E-state index in [4.69, 9.17) is 0 Å². The number of aryl methyl sites for hydroxylation is 2. The molecule has 1 aromatic heterocycles. The molecule has 2 rings (SSSR count). The highest BCUT2D eigenvalue weighted by atomic mass is 19.2. The molecule has 1 heterocycles. The Labute approximate surface area is 113 Å². The number of nitrogens with zero attached hydrogens (tertiary/aromatic N) is 1. The van der Waals surface area contributed by atoms with Gasteiger partial charge in [0.1, 0.15) is 0 Å². The average Bonchev–Trinajstić information content (AvgIpc) is 2.71. The lowest BCUT2D eigenvalue weighted by Gasteiger charge is -2.07. The van der Waals surface area contributed by atoms with Crippen LogP contribution in [0.1, 0.15) is 17.0 Å². The first-order valence-corrected chi connectivity index (χ1v) is 5.84. The Morgan fingerprint density at radius 3 is 2.55 bits per heavy atom. The highest BCUT2D eigenvalue weighted by Crippen LogP contribution is 2.20. The largest absolute Gasteiger partial charge is 0.323 e. The topological polar surface area (TPSA) is 57.8 Å². The minimum absolute atomic E-state index is 0.0351. The molecule has 0 aliphatic rings. The molecule has 0 saturated heterocycles. The van der Waals surface area contributed by atoms with Crippen LogP contribution in [0.5, 0.6) is 0 Å². The van der Waals surface area contributed by atoms with Crippen LogP contribution in [0.25, 0.3) is 0 Å². The number of nitrogens with one attached hydrogen (secondary N) is 2. The third-order valence-corrected chi connectivity index (χ3v) is 2.93. The highest BCUT2D eigenvalue weighted by Gasteiger charge is 2.17. The van der Waals surface area contributed by atoms with Gasteiger partial charge in [0.25, 0.3) is 0 Å². The number of anilines is 1. The van der Waals surface area contributed by atoms with Gasteiger partial charge in [-0.15, -0.1) is 0 Å². The van der Waals surface area contributed by atoms with Crippen molar-refractivity contribution in [2.75, 3.05) is 5.32 Å². The summed E-state index contributed by atoms with van der Waals surface area (Å²) < 4.78 is 39.2. The number of carbonyl (C=O) groups excluding carboxylic acids is 1. The fourth-order valence-corrected chi connectivity index (χ4v) is 1.81. The summed E-state index contributed by atoms with van der Waals surface area (Å²) in [5.74, 6) is -4.87. The second-order valence-electron chi connectivity index (χ2n) is 4.36. The van der Waals surface area contributed by atoms with E-state index in [0.717, 1.165) is 17.8 Å². The van der Waals surface area contributed by atoms with E-state index < -0.39 is 29.0 Å². The summed E-state index contributed by atoms with van der Waals surface area (Å²) in [6, 6.07) is 1.73. The van der Waals surface area contributed by atoms with Gasteiger partial charge in [-0.05, 0) is 26.0 Å². The molecule has 7 heteroatoms. The van der Waals surface area contributed by atoms with Crippen LogP contribution in [0.2, 0.25) is 0 Å². The number of rotatable bonds is 3. The quantitative estimate of drug-likeness (QED) is 0.851. The SMILES string of the molecule is Cc1n[nH]c(C)c1CC(=O)Nc1ccc(F)c(F)c1F. The van der Waals surface area contributed by atoms with Crippen LogP contribution in [0.15, 0.2) is 12.1 Å². The van der Waals surface area contributed by atoms with Crippen molar-refractivity contribution in [3.63, 3.8) is 0 Å². The number of hydrogen-bond acceptors (Lipinski definition) is 2. The van der Waals surface area contributed by atoms with E-state index >= 15 is 0 Å². The predicted octanol–water partition coefficient (Wildman–Crippen LogP) is 2.63. The molecule has 0 aliphatic carbocycles. The number of aromatic nitrogens is 2. The monoisotopic (exact) mass is 283 g/mol. The molecule has 1 amide bonds. The Morgan fingerprint density at radius 2 is 1.95 bits per heavy atom. The second-order valence-corrected chi connectivity index (χ2v) is 4.36. The Bertz CT molecular complexity index is 648. The number of amides is 1. The molecule has 0 atom stereocenters. The Morgan fingerprint density at radius 1 is 1.25 bits per heavy atom. The fraction of sp³-hybridized carbons (Fsp3) is 0.231. The number of benzene rings is 1. The van der Waals surface area contributed by atoms with Gasteiger partial charge in [0.15, 0.2) is 17.5 Å². The molecule has 4 nitrogen and oxygen atoms in total. The maximum absolute atomic E-state index is 13.4. The summed E-state index contributed by atoms with van der Waals surface area (Å²) in [6.45, 7) is 3.48. The van der Waals surface area contributed by atoms with Crippen LogP contribution in [0, 0.1) is 31.3 Å². The van der Waals surface area contributed by atoms with Gasteiger partial charge >= 0.3 is 0 Å². The van der Waals surface area contributed by atoms with Crippen molar-refractivity contribution in [2.45, 2.75) is 20.3 Å². The predicted molar refractivity (Wildman–Crippen MR) is 66.7 cm³/mol. The number of H-pyrrole nitrogens is 1. The van der Waals surface area contributed by atoms with Gasteiger partial charge in [0, 0.05) is 11.3 Å². The Balaban J connectivity index is 2.15. The van der Waals surface area contributed by atoms with E-state index in [1.165, 1.54) is 0 Å². The van der Waals surface area contributed by atoms with Crippen molar-refractivity contribution in [1.82, 2.24) is 10.2 Å². The molecule has 0 radical (unpaired) electrons. The molecular weight excluding hydrogens is 271 g/mol. The maximum atomic E-state index is 13.4. The number of aromatic amines is 1. The molecule has 0 fully saturated rings. The Kier molecular flexibility index (Phi) is 3.78. The van der Waals surface area contributed by atoms with Gasteiger partial charge in [0.2, 0.25) is 5.91 Å². The summed E-state index contributed by atoms with van der Waals surface area (Å²) in [5, 5.41) is 8.86. The first-order valence-electron chi connectivity index (χ1n) is 5.84. The number of hydrogen-bond donors (Lipinski definition) is 2. The van der Waals surface area contributed by atoms with Gasteiger partial charge in [-0.1, -0.05) is 0 Å². The molecule has 20 heavy (non-hydrogen) atoms. The minimum atomic E-state index is -1.61. The first kappa shape index (κ1) is 14.1. The van der Waals surface area contributed by atoms with Gasteiger partial charge in [0.05, 0.1) is 17.8 Å². The fourth-order valence-electron chi connectivity index (χ4n) is 1.81. The van der Waals surface area contributed by atoms with Crippen LogP contribution in [0.4, 0.5) is 18.9 Å². The average molecular weight is 283 g/mol. The molecule has 0 spiro atoms. The summed E-state index contributed by atoms with van der Waals surface area (Å²) in [6.07, 6.45) is -0.0351. The third kappa shape index (κ3) is 2.66. The van der Waals surface area contributed by atoms with Crippen molar-refractivity contribution in [3.8, 4) is 0 Å².